The van der Waals surface area contributed by atoms with E-state index in [-0.39, 0.29) is 24.0 Å². The number of halogens is 1. The highest BCUT2D eigenvalue weighted by Crippen LogP contribution is 2.23. The van der Waals surface area contributed by atoms with E-state index in [1.54, 1.807) is 35.5 Å². The van der Waals surface area contributed by atoms with Crippen LogP contribution in [0, 0.1) is 11.7 Å². The smallest absolute Gasteiger partial charge is 0.325 e. The van der Waals surface area contributed by atoms with Crippen molar-refractivity contribution in [3.8, 4) is 0 Å². The number of aliphatic imine (C=N–C) groups is 1. The van der Waals surface area contributed by atoms with Gasteiger partial charge in [-0.2, -0.15) is 5.10 Å². The molecule has 0 bridgehead atoms. The third-order valence-electron chi connectivity index (χ3n) is 4.95. The van der Waals surface area contributed by atoms with Crippen LogP contribution in [0.3, 0.4) is 0 Å². The van der Waals surface area contributed by atoms with Crippen LogP contribution in [-0.2, 0) is 11.3 Å². The maximum Gasteiger partial charge on any atom is 0.326 e. The van der Waals surface area contributed by atoms with Crippen LogP contribution in [0.2, 0.25) is 0 Å². The van der Waals surface area contributed by atoms with Gasteiger partial charge in [0.1, 0.15) is 23.2 Å². The van der Waals surface area contributed by atoms with Gasteiger partial charge in [0.15, 0.2) is 0 Å². The van der Waals surface area contributed by atoms with Crippen molar-refractivity contribution in [3.05, 3.63) is 71.1 Å². The first kappa shape index (κ1) is 21.4. The lowest BCUT2D eigenvalue weighted by atomic mass is 10.1. The highest BCUT2D eigenvalue weighted by Gasteiger charge is 2.27. The van der Waals surface area contributed by atoms with Crippen molar-refractivity contribution in [2.24, 2.45) is 16.0 Å². The number of benzene rings is 1. The predicted octanol–water partition coefficient (Wildman–Crippen LogP) is 1.69. The molecule has 1 aromatic carbocycles. The van der Waals surface area contributed by atoms with Crippen LogP contribution in [-0.4, -0.2) is 42.1 Å². The summed E-state index contributed by atoms with van der Waals surface area (Å²) >= 11 is 0. The number of imide groups is 1. The van der Waals surface area contributed by atoms with Gasteiger partial charge in [-0.05, 0) is 31.2 Å². The Bertz CT molecular complexity index is 1070. The molecule has 3 aliphatic heterocycles. The molecule has 3 aliphatic rings. The topological polar surface area (TPSA) is 110 Å². The van der Waals surface area contributed by atoms with Gasteiger partial charge in [-0.15, -0.1) is 0 Å². The van der Waals surface area contributed by atoms with Crippen LogP contribution in [0.1, 0.15) is 18.9 Å². The van der Waals surface area contributed by atoms with Crippen molar-refractivity contribution >= 4 is 24.0 Å². The van der Waals surface area contributed by atoms with E-state index in [0.29, 0.717) is 23.8 Å². The molecule has 1 unspecified atom stereocenters. The Hall–Kier alpha value is -3.79. The largest absolute Gasteiger partial charge is 0.326 e. The van der Waals surface area contributed by atoms with Gasteiger partial charge in [-0.25, -0.2) is 14.2 Å². The number of hydrazone groups is 1. The fourth-order valence-electron chi connectivity index (χ4n) is 3.39. The molecule has 166 valence electrons. The summed E-state index contributed by atoms with van der Waals surface area (Å²) in [5.74, 6) is 0.163. The molecule has 1 atom stereocenters. The Labute approximate surface area is 184 Å². The van der Waals surface area contributed by atoms with Crippen molar-refractivity contribution in [3.63, 3.8) is 0 Å². The molecule has 1 aromatic rings. The maximum atomic E-state index is 14.0. The van der Waals surface area contributed by atoms with Gasteiger partial charge in [0.25, 0.3) is 5.91 Å². The van der Waals surface area contributed by atoms with E-state index in [2.05, 4.69) is 38.3 Å². The van der Waals surface area contributed by atoms with E-state index in [9.17, 15) is 14.0 Å². The highest BCUT2D eigenvalue weighted by atomic mass is 19.1. The summed E-state index contributed by atoms with van der Waals surface area (Å²) in [4.78, 5) is 27.7. The van der Waals surface area contributed by atoms with Crippen LogP contribution in [0.15, 0.2) is 69.8 Å². The molecule has 4 rings (SSSR count). The first-order chi connectivity index (χ1) is 15.5. The lowest BCUT2D eigenvalue weighted by Crippen LogP contribution is -2.41. The monoisotopic (exact) mass is 437 g/mol. The second-order valence-corrected chi connectivity index (χ2v) is 7.42. The number of fused-ring (bicyclic) bond motifs is 1. The van der Waals surface area contributed by atoms with Crippen LogP contribution >= 0.6 is 0 Å². The SMILES string of the molecule is CCCNCC1=CC(=NCc2ccccc2F)NC2=CC(/C=C3\NC(=O)NC3=O)C=NN12. The molecule has 0 saturated carbocycles. The third-order valence-corrected chi connectivity index (χ3v) is 4.95. The zero-order chi connectivity index (χ0) is 22.5. The van der Waals surface area contributed by atoms with Gasteiger partial charge < -0.3 is 16.0 Å². The van der Waals surface area contributed by atoms with Crippen LogP contribution in [0.4, 0.5) is 9.18 Å². The number of carbonyl (C=O) groups is 2. The number of rotatable bonds is 7. The molecule has 0 radical (unpaired) electrons. The zero-order valence-corrected chi connectivity index (χ0v) is 17.6. The maximum absolute atomic E-state index is 14.0. The van der Waals surface area contributed by atoms with Crippen LogP contribution in [0.25, 0.3) is 0 Å². The average molecular weight is 437 g/mol. The molecule has 3 amide bonds. The van der Waals surface area contributed by atoms with E-state index in [0.717, 1.165) is 18.7 Å². The number of nitrogens with one attached hydrogen (secondary N) is 4. The number of nitrogens with zero attached hydrogens (tertiary/aromatic N) is 3. The number of amidine groups is 1. The Kier molecular flexibility index (Phi) is 6.41. The van der Waals surface area contributed by atoms with E-state index in [1.807, 2.05) is 12.2 Å². The van der Waals surface area contributed by atoms with Crippen molar-refractivity contribution in [2.45, 2.75) is 19.9 Å². The van der Waals surface area contributed by atoms with Gasteiger partial charge in [0.2, 0.25) is 0 Å². The fourth-order valence-corrected chi connectivity index (χ4v) is 3.39. The molecule has 0 aliphatic carbocycles. The van der Waals surface area contributed by atoms with Crippen LogP contribution < -0.4 is 21.3 Å². The van der Waals surface area contributed by atoms with Crippen molar-refractivity contribution in [2.75, 3.05) is 13.1 Å². The minimum Gasteiger partial charge on any atom is -0.325 e. The molecule has 1 fully saturated rings. The molecule has 10 heteroatoms. The molecule has 0 aromatic heterocycles. The Morgan fingerprint density at radius 2 is 2.09 bits per heavy atom. The molecular weight excluding hydrogens is 413 g/mol. The summed E-state index contributed by atoms with van der Waals surface area (Å²) in [5, 5.41) is 17.5. The van der Waals surface area contributed by atoms with E-state index in [1.165, 1.54) is 6.07 Å². The molecule has 1 saturated heterocycles. The number of carbonyl (C=O) groups excluding carboxylic acids is 2. The lowest BCUT2D eigenvalue weighted by molar-refractivity contribution is -0.115. The summed E-state index contributed by atoms with van der Waals surface area (Å²) in [7, 11) is 0. The van der Waals surface area contributed by atoms with Gasteiger partial charge in [-0.3, -0.25) is 15.1 Å². The van der Waals surface area contributed by atoms with Gasteiger partial charge in [-0.1, -0.05) is 25.1 Å². The van der Waals surface area contributed by atoms with Gasteiger partial charge >= 0.3 is 6.03 Å². The minimum absolute atomic E-state index is 0.182. The Balaban J connectivity index is 1.58. The van der Waals surface area contributed by atoms with E-state index >= 15 is 0 Å². The van der Waals surface area contributed by atoms with E-state index < -0.39 is 11.9 Å². The standard InChI is InChI=1S/C22H24FN7O2/c1-2-7-24-13-16-10-19(25-12-15-5-3-4-6-17(15)23)28-20-9-14(11-26-30(16)20)8-18-21(31)29-22(32)27-18/h3-6,8-11,14,24H,2,7,12-13H2,1H3,(H,25,28)(H2,27,29,31,32)/b18-8-. The number of hydrogen-bond donors (Lipinski definition) is 4. The first-order valence-electron chi connectivity index (χ1n) is 10.4. The zero-order valence-electron chi connectivity index (χ0n) is 17.6. The fraction of sp³-hybridized carbons (Fsp3) is 0.273. The summed E-state index contributed by atoms with van der Waals surface area (Å²) in [5.41, 5.74) is 1.57. The summed E-state index contributed by atoms with van der Waals surface area (Å²) in [6.45, 7) is 3.71. The van der Waals surface area contributed by atoms with Gasteiger partial charge in [0, 0.05) is 30.3 Å². The molecular formula is C22H24FN7O2. The van der Waals surface area contributed by atoms with Crippen molar-refractivity contribution < 1.29 is 14.0 Å². The number of urea groups is 1. The Morgan fingerprint density at radius 1 is 1.25 bits per heavy atom. The molecule has 32 heavy (non-hydrogen) atoms. The first-order valence-corrected chi connectivity index (χ1v) is 10.4. The van der Waals surface area contributed by atoms with E-state index in [4.69, 9.17) is 0 Å². The lowest BCUT2D eigenvalue weighted by Gasteiger charge is -2.33. The number of hydrogen-bond acceptors (Lipinski definition) is 6. The summed E-state index contributed by atoms with van der Waals surface area (Å²) in [6.07, 6.45) is 8.06. The van der Waals surface area contributed by atoms with Gasteiger partial charge in [0.05, 0.1) is 12.2 Å². The molecule has 0 spiro atoms. The second-order valence-electron chi connectivity index (χ2n) is 7.42. The van der Waals surface area contributed by atoms with Crippen molar-refractivity contribution in [1.29, 1.82) is 0 Å². The summed E-state index contributed by atoms with van der Waals surface area (Å²) < 4.78 is 14.0. The quantitative estimate of drug-likeness (QED) is 0.295. The third kappa shape index (κ3) is 4.92. The Morgan fingerprint density at radius 3 is 2.84 bits per heavy atom. The average Bonchev–Trinajstić information content (AvgIpc) is 3.09. The highest BCUT2D eigenvalue weighted by molar-refractivity contribution is 6.11. The second kappa shape index (κ2) is 9.56. The minimum atomic E-state index is -0.547. The summed E-state index contributed by atoms with van der Waals surface area (Å²) in [6, 6.07) is 5.99. The van der Waals surface area contributed by atoms with Crippen LogP contribution in [0.5, 0.6) is 0 Å². The molecule has 3 heterocycles. The predicted molar refractivity (Wildman–Crippen MR) is 119 cm³/mol. The number of amides is 3. The number of allylic oxidation sites excluding steroid dienone is 2. The van der Waals surface area contributed by atoms with Crippen molar-refractivity contribution in [1.82, 2.24) is 26.3 Å². The molecule has 9 nitrogen and oxygen atoms in total. The molecule has 4 N–H and O–H groups in total. The normalized spacial score (nSPS) is 22.3.